The number of rotatable bonds is 8. The second kappa shape index (κ2) is 10.3. The van der Waals surface area contributed by atoms with Gasteiger partial charge in [0, 0.05) is 22.4 Å². The number of ether oxygens (including phenoxy) is 1. The number of nitrogens with zero attached hydrogens (tertiary/aromatic N) is 2. The monoisotopic (exact) mass is 461 g/mol. The quantitative estimate of drug-likeness (QED) is 0.325. The maximum atomic E-state index is 12.4. The molecule has 1 unspecified atom stereocenters. The van der Waals surface area contributed by atoms with Crippen molar-refractivity contribution in [2.24, 2.45) is 0 Å². The Morgan fingerprint density at radius 2 is 1.94 bits per heavy atom. The van der Waals surface area contributed by atoms with E-state index < -0.39 is 0 Å². The summed E-state index contributed by atoms with van der Waals surface area (Å²) in [6, 6.07) is 17.5. The lowest BCUT2D eigenvalue weighted by molar-refractivity contribution is -0.117. The normalized spacial score (nSPS) is 12.1. The van der Waals surface area contributed by atoms with E-state index >= 15 is 0 Å². The highest BCUT2D eigenvalue weighted by Gasteiger charge is 2.13. The summed E-state index contributed by atoms with van der Waals surface area (Å²) in [5.41, 5.74) is 3.80. The minimum Gasteiger partial charge on any atom is -0.487 e. The van der Waals surface area contributed by atoms with Crippen molar-refractivity contribution < 1.29 is 9.53 Å². The number of aryl methyl sites for hydroxylation is 1. The Balaban J connectivity index is 1.32. The lowest BCUT2D eigenvalue weighted by Gasteiger charge is -2.09. The Morgan fingerprint density at radius 3 is 2.72 bits per heavy atom. The average Bonchev–Trinajstić information content (AvgIpc) is 3.47. The van der Waals surface area contributed by atoms with E-state index in [1.165, 1.54) is 6.08 Å². The van der Waals surface area contributed by atoms with Crippen LogP contribution in [0.4, 0.5) is 0 Å². The molecule has 162 valence electrons. The van der Waals surface area contributed by atoms with E-state index in [4.69, 9.17) is 4.74 Å². The minimum atomic E-state index is -0.175. The van der Waals surface area contributed by atoms with Crippen molar-refractivity contribution in [3.8, 4) is 17.0 Å². The van der Waals surface area contributed by atoms with Crippen LogP contribution in [-0.4, -0.2) is 15.9 Å². The molecule has 4 rings (SSSR count). The molecule has 4 aromatic rings. The van der Waals surface area contributed by atoms with Gasteiger partial charge in [0.25, 0.3) is 0 Å². The molecule has 2 aromatic heterocycles. The lowest BCUT2D eigenvalue weighted by Crippen LogP contribution is -2.24. The second-order valence-electron chi connectivity index (χ2n) is 7.22. The summed E-state index contributed by atoms with van der Waals surface area (Å²) in [6.07, 6.45) is 3.31. The van der Waals surface area contributed by atoms with Gasteiger partial charge in [0.15, 0.2) is 0 Å². The third-order valence-corrected chi connectivity index (χ3v) is 6.51. The Labute approximate surface area is 195 Å². The van der Waals surface area contributed by atoms with Crippen LogP contribution in [0.2, 0.25) is 0 Å². The van der Waals surface area contributed by atoms with Crippen LogP contribution in [0.1, 0.15) is 34.2 Å². The lowest BCUT2D eigenvalue weighted by atomic mass is 10.2. The van der Waals surface area contributed by atoms with Crippen molar-refractivity contribution in [1.82, 2.24) is 15.3 Å². The first kappa shape index (κ1) is 21.9. The zero-order chi connectivity index (χ0) is 22.3. The average molecular weight is 462 g/mol. The van der Waals surface area contributed by atoms with Gasteiger partial charge in [0.2, 0.25) is 5.91 Å². The molecule has 32 heavy (non-hydrogen) atoms. The number of amides is 1. The van der Waals surface area contributed by atoms with E-state index in [1.807, 2.05) is 79.2 Å². The minimum absolute atomic E-state index is 0.168. The van der Waals surface area contributed by atoms with Crippen molar-refractivity contribution in [3.63, 3.8) is 0 Å². The molecule has 1 amide bonds. The number of carbonyl (C=O) groups is 1. The molecule has 0 bridgehead atoms. The van der Waals surface area contributed by atoms with E-state index in [2.05, 4.69) is 15.3 Å². The van der Waals surface area contributed by atoms with E-state index in [0.29, 0.717) is 6.61 Å². The summed E-state index contributed by atoms with van der Waals surface area (Å²) in [4.78, 5) is 21.5. The summed E-state index contributed by atoms with van der Waals surface area (Å²) in [7, 11) is 0. The van der Waals surface area contributed by atoms with Crippen LogP contribution in [0.15, 0.2) is 71.4 Å². The first-order valence-electron chi connectivity index (χ1n) is 10.2. The fraction of sp³-hybridized carbons (Fsp3) is 0.160. The molecule has 5 nitrogen and oxygen atoms in total. The van der Waals surface area contributed by atoms with Gasteiger partial charge in [-0.15, -0.1) is 22.7 Å². The van der Waals surface area contributed by atoms with Crippen LogP contribution in [0.5, 0.6) is 5.75 Å². The Morgan fingerprint density at radius 1 is 1.09 bits per heavy atom. The maximum Gasteiger partial charge on any atom is 0.244 e. The molecule has 0 saturated carbocycles. The van der Waals surface area contributed by atoms with Gasteiger partial charge in [-0.3, -0.25) is 4.79 Å². The second-order valence-corrected chi connectivity index (χ2v) is 9.17. The van der Waals surface area contributed by atoms with Crippen LogP contribution in [0.25, 0.3) is 17.3 Å². The highest BCUT2D eigenvalue weighted by Crippen LogP contribution is 2.25. The van der Waals surface area contributed by atoms with E-state index in [-0.39, 0.29) is 11.9 Å². The molecule has 2 heterocycles. The molecule has 0 aliphatic rings. The predicted octanol–water partition coefficient (Wildman–Crippen LogP) is 6.04. The molecule has 2 aromatic carbocycles. The number of nitrogens with one attached hydrogen (secondary N) is 1. The molecule has 7 heteroatoms. The van der Waals surface area contributed by atoms with Crippen LogP contribution in [0.3, 0.4) is 0 Å². The highest BCUT2D eigenvalue weighted by molar-refractivity contribution is 7.10. The van der Waals surface area contributed by atoms with Gasteiger partial charge in [0.05, 0.1) is 22.4 Å². The van der Waals surface area contributed by atoms with E-state index in [1.54, 1.807) is 28.7 Å². The molecule has 0 aliphatic heterocycles. The molecule has 0 radical (unpaired) electrons. The van der Waals surface area contributed by atoms with Crippen LogP contribution in [0, 0.1) is 6.92 Å². The highest BCUT2D eigenvalue weighted by atomic mass is 32.1. The van der Waals surface area contributed by atoms with Crippen LogP contribution >= 0.6 is 22.7 Å². The van der Waals surface area contributed by atoms with Gasteiger partial charge in [-0.2, -0.15) is 0 Å². The zero-order valence-corrected chi connectivity index (χ0v) is 19.5. The summed E-state index contributed by atoms with van der Waals surface area (Å²) in [6.45, 7) is 4.34. The number of hydrogen-bond donors (Lipinski definition) is 1. The van der Waals surface area contributed by atoms with E-state index in [0.717, 1.165) is 38.3 Å². The number of aromatic nitrogens is 2. The van der Waals surface area contributed by atoms with Crippen molar-refractivity contribution >= 4 is 34.7 Å². The first-order chi connectivity index (χ1) is 15.6. The summed E-state index contributed by atoms with van der Waals surface area (Å²) in [5.74, 6) is 0.570. The van der Waals surface area contributed by atoms with Gasteiger partial charge in [-0.25, -0.2) is 9.97 Å². The van der Waals surface area contributed by atoms with Crippen LogP contribution < -0.4 is 10.1 Å². The number of thiazole rings is 2. The molecule has 1 atom stereocenters. The van der Waals surface area contributed by atoms with Crippen molar-refractivity contribution in [3.05, 3.63) is 92.7 Å². The fourth-order valence-electron chi connectivity index (χ4n) is 3.06. The Hall–Kier alpha value is -3.29. The molecule has 0 saturated heterocycles. The topological polar surface area (TPSA) is 64.1 Å². The Bertz CT molecular complexity index is 1210. The Kier molecular flexibility index (Phi) is 7.09. The van der Waals surface area contributed by atoms with Crippen molar-refractivity contribution in [2.45, 2.75) is 26.5 Å². The molecule has 1 N–H and O–H groups in total. The maximum absolute atomic E-state index is 12.4. The summed E-state index contributed by atoms with van der Waals surface area (Å²) in [5, 5.41) is 8.89. The SMILES string of the molecule is Cc1nc(COc2cccc(C=CC(=O)NC(C)c3nc(-c4ccccc4)cs3)c2)cs1. The van der Waals surface area contributed by atoms with Gasteiger partial charge in [-0.1, -0.05) is 42.5 Å². The van der Waals surface area contributed by atoms with Gasteiger partial charge in [-0.05, 0) is 37.6 Å². The largest absolute Gasteiger partial charge is 0.487 e. The predicted molar refractivity (Wildman–Crippen MR) is 131 cm³/mol. The molecular formula is C25H23N3O2S2. The third kappa shape index (κ3) is 5.90. The van der Waals surface area contributed by atoms with Gasteiger partial charge in [0.1, 0.15) is 17.4 Å². The standard InChI is InChI=1S/C25H23N3O2S2/c1-17(25-28-23(16-32-25)20-8-4-3-5-9-20)26-24(29)12-11-19-7-6-10-22(13-19)30-14-21-15-31-18(2)27-21/h3-13,15-17H,14H2,1-2H3,(H,26,29). The van der Waals surface area contributed by atoms with Crippen molar-refractivity contribution in [2.75, 3.05) is 0 Å². The van der Waals surface area contributed by atoms with Crippen molar-refractivity contribution in [1.29, 1.82) is 0 Å². The first-order valence-corrected chi connectivity index (χ1v) is 12.0. The fourth-order valence-corrected chi connectivity index (χ4v) is 4.50. The smallest absolute Gasteiger partial charge is 0.244 e. The number of carbonyl (C=O) groups excluding carboxylic acids is 1. The summed E-state index contributed by atoms with van der Waals surface area (Å²) < 4.78 is 5.82. The summed E-state index contributed by atoms with van der Waals surface area (Å²) >= 11 is 3.15. The van der Waals surface area contributed by atoms with Crippen LogP contribution in [-0.2, 0) is 11.4 Å². The molecular weight excluding hydrogens is 438 g/mol. The molecule has 0 aliphatic carbocycles. The third-order valence-electron chi connectivity index (χ3n) is 4.66. The van der Waals surface area contributed by atoms with E-state index in [9.17, 15) is 4.79 Å². The number of benzene rings is 2. The number of hydrogen-bond acceptors (Lipinski definition) is 6. The molecule has 0 spiro atoms. The zero-order valence-electron chi connectivity index (χ0n) is 17.8. The molecule has 0 fully saturated rings. The van der Waals surface area contributed by atoms with Gasteiger partial charge < -0.3 is 10.1 Å². The van der Waals surface area contributed by atoms with Gasteiger partial charge >= 0.3 is 0 Å².